The van der Waals surface area contributed by atoms with Crippen molar-refractivity contribution < 1.29 is 43.2 Å². The van der Waals surface area contributed by atoms with Crippen LogP contribution in [0.3, 0.4) is 0 Å². The third-order valence-electron chi connectivity index (χ3n) is 12.6. The predicted octanol–water partition coefficient (Wildman–Crippen LogP) is 0.549. The molecule has 3 aromatic carbocycles. The molecule has 4 aromatic rings. The minimum atomic E-state index is -1.43. The molecule has 22 heteroatoms. The van der Waals surface area contributed by atoms with Gasteiger partial charge in [0, 0.05) is 61.9 Å². The summed E-state index contributed by atoms with van der Waals surface area (Å²) >= 11 is 0. The molecule has 0 radical (unpaired) electrons. The molecule has 0 bridgehead atoms. The predicted molar refractivity (Wildman–Crippen MR) is 281 cm³/mol. The second-order valence-electron chi connectivity index (χ2n) is 18.5. The molecule has 1 aliphatic heterocycles. The number of carbonyl (C=O) groups excluding carboxylic acids is 9. The van der Waals surface area contributed by atoms with E-state index in [0.717, 1.165) is 0 Å². The summed E-state index contributed by atoms with van der Waals surface area (Å²) in [4.78, 5) is 132. The molecule has 75 heavy (non-hydrogen) atoms. The minimum Gasteiger partial charge on any atom is -0.370 e. The second kappa shape index (κ2) is 29.4. The molecule has 5 rings (SSSR count). The molecule has 1 aromatic heterocycles. The molecule has 1 aliphatic rings. The van der Waals surface area contributed by atoms with E-state index in [0.29, 0.717) is 53.3 Å². The molecule has 1 fully saturated rings. The molecule has 7 atom stereocenters. The molecule has 402 valence electrons. The van der Waals surface area contributed by atoms with Crippen molar-refractivity contribution >= 4 is 70.0 Å². The van der Waals surface area contributed by atoms with E-state index < -0.39 is 95.5 Å². The lowest BCUT2D eigenvalue weighted by molar-refractivity contribution is -0.136. The normalized spacial score (nSPS) is 21.3. The van der Waals surface area contributed by atoms with Crippen LogP contribution in [0.4, 0.5) is 0 Å². The number of H-pyrrole nitrogens is 1. The van der Waals surface area contributed by atoms with Crippen LogP contribution in [-0.4, -0.2) is 113 Å². The van der Waals surface area contributed by atoms with Crippen molar-refractivity contribution in [3.63, 3.8) is 0 Å². The highest BCUT2D eigenvalue weighted by molar-refractivity contribution is 5.99. The number of nitrogens with zero attached hydrogens (tertiary/aromatic N) is 1. The van der Waals surface area contributed by atoms with E-state index in [1.165, 1.54) is 6.92 Å². The number of nitrogens with one attached hydrogen (secondary N) is 9. The maximum absolute atomic E-state index is 14.8. The molecule has 22 nitrogen and oxygen atoms in total. The summed E-state index contributed by atoms with van der Waals surface area (Å²) in [7, 11) is 0. The summed E-state index contributed by atoms with van der Waals surface area (Å²) in [5.41, 5.74) is 19.3. The Bertz CT molecular complexity index is 2620. The summed E-state index contributed by atoms with van der Waals surface area (Å²) in [6.07, 6.45) is 3.32. The van der Waals surface area contributed by atoms with Gasteiger partial charge in [-0.05, 0) is 62.1 Å². The zero-order valence-corrected chi connectivity index (χ0v) is 42.5. The van der Waals surface area contributed by atoms with Crippen molar-refractivity contribution in [2.24, 2.45) is 22.2 Å². The van der Waals surface area contributed by atoms with Crippen LogP contribution in [-0.2, 0) is 56.0 Å². The van der Waals surface area contributed by atoms with Gasteiger partial charge in [0.25, 0.3) is 0 Å². The molecule has 2 heterocycles. The molecule has 0 aliphatic carbocycles. The number of benzene rings is 3. The second-order valence-corrected chi connectivity index (χ2v) is 18.5. The Balaban J connectivity index is 1.57. The average molecular weight is 1030 g/mol. The fourth-order valence-corrected chi connectivity index (χ4v) is 8.64. The first-order chi connectivity index (χ1) is 36.0. The zero-order chi connectivity index (χ0) is 54.3. The van der Waals surface area contributed by atoms with E-state index in [4.69, 9.17) is 17.2 Å². The molecule has 0 spiro atoms. The fraction of sp³-hybridized carbons (Fsp3) is 0.434. The highest BCUT2D eigenvalue weighted by atomic mass is 16.2. The number of fused-ring (bicyclic) bond motifs is 1. The van der Waals surface area contributed by atoms with Gasteiger partial charge < -0.3 is 64.7 Å². The first-order valence-corrected chi connectivity index (χ1v) is 25.4. The maximum Gasteiger partial charge on any atom is 0.247 e. The molecule has 0 unspecified atom stereocenters. The van der Waals surface area contributed by atoms with Crippen molar-refractivity contribution in [1.82, 2.24) is 47.5 Å². The van der Waals surface area contributed by atoms with Crippen LogP contribution in [0.5, 0.6) is 0 Å². The average Bonchev–Trinajstić information content (AvgIpc) is 3.81. The van der Waals surface area contributed by atoms with Gasteiger partial charge in [-0.1, -0.05) is 98.6 Å². The zero-order valence-electron chi connectivity index (χ0n) is 42.5. The van der Waals surface area contributed by atoms with Crippen molar-refractivity contribution in [1.29, 1.82) is 0 Å². The largest absolute Gasteiger partial charge is 0.370 e. The molecular weight excluding hydrogens is 963 g/mol. The number of unbranched alkanes of at least 4 members (excludes halogenated alkanes) is 1. The Morgan fingerprint density at radius 2 is 1.29 bits per heavy atom. The number of guanidine groups is 1. The van der Waals surface area contributed by atoms with E-state index in [-0.39, 0.29) is 70.4 Å². The summed E-state index contributed by atoms with van der Waals surface area (Å²) in [5.74, 6) is -6.64. The number of hydrogen-bond donors (Lipinski definition) is 12. The van der Waals surface area contributed by atoms with Crippen LogP contribution in [0.1, 0.15) is 101 Å². The summed E-state index contributed by atoms with van der Waals surface area (Å²) in [6, 6.07) is 15.5. The molecule has 0 saturated carbocycles. The van der Waals surface area contributed by atoms with Crippen LogP contribution in [0, 0.1) is 0 Å². The molecular formula is C53H71N13O9. The van der Waals surface area contributed by atoms with E-state index in [2.05, 4.69) is 52.5 Å². The van der Waals surface area contributed by atoms with Crippen LogP contribution in [0.25, 0.3) is 10.9 Å². The van der Waals surface area contributed by atoms with Crippen LogP contribution in [0.15, 0.2) is 96.1 Å². The Hall–Kier alpha value is -8.30. The van der Waals surface area contributed by atoms with Gasteiger partial charge in [0.2, 0.25) is 53.2 Å². The van der Waals surface area contributed by atoms with Crippen molar-refractivity contribution in [3.8, 4) is 0 Å². The van der Waals surface area contributed by atoms with E-state index in [1.54, 1.807) is 91.1 Å². The topological polar surface area (TPSA) is 356 Å². The van der Waals surface area contributed by atoms with E-state index in [1.807, 2.05) is 6.92 Å². The lowest BCUT2D eigenvalue weighted by atomic mass is 10.0. The number of para-hydroxylation sites is 1. The van der Waals surface area contributed by atoms with Crippen molar-refractivity contribution in [2.45, 2.75) is 133 Å². The fourth-order valence-electron chi connectivity index (χ4n) is 8.64. The highest BCUT2D eigenvalue weighted by Crippen LogP contribution is 2.25. The number of rotatable bonds is 16. The minimum absolute atomic E-state index is 0.0515. The summed E-state index contributed by atoms with van der Waals surface area (Å²) in [6.45, 7) is 3.39. The third kappa shape index (κ3) is 18.6. The van der Waals surface area contributed by atoms with Gasteiger partial charge in [-0.15, -0.1) is 0 Å². The number of nitrogens with two attached hydrogens (primary N) is 3. The van der Waals surface area contributed by atoms with Gasteiger partial charge in [-0.2, -0.15) is 0 Å². The lowest BCUT2D eigenvalue weighted by Gasteiger charge is -2.28. The smallest absolute Gasteiger partial charge is 0.247 e. The Kier molecular flexibility index (Phi) is 22.6. The van der Waals surface area contributed by atoms with Crippen molar-refractivity contribution in [2.75, 3.05) is 13.1 Å². The lowest BCUT2D eigenvalue weighted by Crippen LogP contribution is -2.60. The quantitative estimate of drug-likeness (QED) is 0.0418. The number of carbonyl (C=O) groups is 9. The van der Waals surface area contributed by atoms with Crippen molar-refractivity contribution in [3.05, 3.63) is 108 Å². The third-order valence-corrected chi connectivity index (χ3v) is 12.6. The Labute approximate surface area is 435 Å². The van der Waals surface area contributed by atoms with Gasteiger partial charge >= 0.3 is 0 Å². The standard InChI is InChI=1S/C53H71N13O9/c1-3-4-21-39(60-32(2)67)47(70)63-41-25-26-44(68)57-27-14-13-23-38(46(54)69)61-52(75)45(36-31-59-37-22-12-11-20-35(36)37)66-49(72)40(24-15-28-58-53(55)56)62-50(73)42(29-33-16-7-5-8-17-33)65-51(74)43(64-48(41)71)30-34-18-9-6-10-19-34/h5-12,16-20,22,31,38-43,45,59H,3-4,13-15,21,23-30H2,1-2H3,(H2,54,69)(H,57,68)(H,60,67)(H,61,75)(H,62,73)(H,63,70)(H,64,71)(H,65,74)(H,66,72)(H4,55,56,58)/t38-,39-,40+,41+,42-,43+,45-/m0/s1. The molecule has 1 saturated heterocycles. The number of aromatic amines is 1. The van der Waals surface area contributed by atoms with Gasteiger partial charge in [0.1, 0.15) is 42.3 Å². The summed E-state index contributed by atoms with van der Waals surface area (Å²) < 4.78 is 0. The SMILES string of the molecule is CCCC[C@H](NC(C)=O)C(=O)N[C@@H]1CCC(=O)NCCCC[C@@H](C(N)=O)NC(=O)[C@H](c2c[nH]c3ccccc23)NC(=O)[C@@H](CCCN=C(N)N)NC(=O)[C@H](Cc2ccccc2)NC(=O)[C@@H](Cc2ccccc2)NC1=O. The van der Waals surface area contributed by atoms with Crippen LogP contribution in [0.2, 0.25) is 0 Å². The van der Waals surface area contributed by atoms with E-state index in [9.17, 15) is 43.2 Å². The van der Waals surface area contributed by atoms with Gasteiger partial charge in [0.15, 0.2) is 5.96 Å². The van der Waals surface area contributed by atoms with Gasteiger partial charge in [-0.3, -0.25) is 48.1 Å². The number of hydrogen-bond acceptors (Lipinski definition) is 10. The first-order valence-electron chi connectivity index (χ1n) is 25.4. The van der Waals surface area contributed by atoms with Gasteiger partial charge in [-0.25, -0.2) is 0 Å². The first kappa shape index (κ1) is 57.6. The summed E-state index contributed by atoms with van der Waals surface area (Å²) in [5, 5.41) is 22.6. The van der Waals surface area contributed by atoms with Crippen LogP contribution < -0.4 is 59.7 Å². The molecule has 15 N–H and O–H groups in total. The monoisotopic (exact) mass is 1030 g/mol. The number of primary amides is 1. The maximum atomic E-state index is 14.8. The number of aliphatic imine (C=N–C) groups is 1. The highest BCUT2D eigenvalue weighted by Gasteiger charge is 2.35. The van der Waals surface area contributed by atoms with E-state index >= 15 is 0 Å². The number of amides is 9. The Morgan fingerprint density at radius 3 is 1.91 bits per heavy atom. The van der Waals surface area contributed by atoms with Crippen LogP contribution >= 0.6 is 0 Å². The van der Waals surface area contributed by atoms with Gasteiger partial charge in [0.05, 0.1) is 0 Å². The Morgan fingerprint density at radius 1 is 0.693 bits per heavy atom. The molecule has 9 amide bonds. The number of aromatic nitrogens is 1.